The molecule has 0 atom stereocenters. The summed E-state index contributed by atoms with van der Waals surface area (Å²) in [5.74, 6) is 0. The molecule has 0 unspecified atom stereocenters. The Hall–Kier alpha value is -1.15. The van der Waals surface area contributed by atoms with Crippen molar-refractivity contribution in [1.29, 1.82) is 0 Å². The van der Waals surface area contributed by atoms with E-state index in [4.69, 9.17) is 23.2 Å². The number of nitrogens with zero attached hydrogens (tertiary/aromatic N) is 2. The lowest BCUT2D eigenvalue weighted by atomic mass is 10.2. The highest BCUT2D eigenvalue weighted by atomic mass is 35.5. The van der Waals surface area contributed by atoms with E-state index >= 15 is 0 Å². The maximum atomic E-state index is 10.0. The summed E-state index contributed by atoms with van der Waals surface area (Å²) < 4.78 is -0.0830. The van der Waals surface area contributed by atoms with Gasteiger partial charge in [-0.25, -0.2) is 9.79 Å². The highest BCUT2D eigenvalue weighted by molar-refractivity contribution is 6.95. The van der Waals surface area contributed by atoms with Crippen molar-refractivity contribution in [1.82, 2.24) is 0 Å². The van der Waals surface area contributed by atoms with Crippen LogP contribution in [0.3, 0.4) is 0 Å². The van der Waals surface area contributed by atoms with Gasteiger partial charge in [-0.1, -0.05) is 6.07 Å². The van der Waals surface area contributed by atoms with E-state index in [1.165, 1.54) is 6.08 Å². The first-order chi connectivity index (χ1) is 6.63. The molecule has 3 nitrogen and oxygen atoms in total. The summed E-state index contributed by atoms with van der Waals surface area (Å²) in [5.41, 5.74) is 1.95. The second kappa shape index (κ2) is 4.91. The van der Waals surface area contributed by atoms with Crippen molar-refractivity contribution in [3.8, 4) is 0 Å². The average molecular weight is 229 g/mol. The molecule has 0 bridgehead atoms. The molecule has 0 aromatic heterocycles. The first kappa shape index (κ1) is 10.9. The largest absolute Gasteiger partial charge is 0.240 e. The standard InChI is InChI=1S/C9H6Cl2N2O/c1-6-2-3-7(12-5-14)4-8(6)13-9(10)11/h2-4H,1H3. The van der Waals surface area contributed by atoms with Crippen molar-refractivity contribution >= 4 is 45.3 Å². The minimum absolute atomic E-state index is 0.0830. The summed E-state index contributed by atoms with van der Waals surface area (Å²) in [4.78, 5) is 17.3. The maximum Gasteiger partial charge on any atom is 0.240 e. The summed E-state index contributed by atoms with van der Waals surface area (Å²) in [6.07, 6.45) is 1.44. The van der Waals surface area contributed by atoms with Gasteiger partial charge in [0, 0.05) is 0 Å². The summed E-state index contributed by atoms with van der Waals surface area (Å²) in [7, 11) is 0. The Balaban J connectivity index is 3.21. The summed E-state index contributed by atoms with van der Waals surface area (Å²) in [5, 5.41) is 0. The first-order valence-electron chi connectivity index (χ1n) is 3.71. The molecule has 14 heavy (non-hydrogen) atoms. The van der Waals surface area contributed by atoms with Crippen LogP contribution >= 0.6 is 23.2 Å². The second-order valence-corrected chi connectivity index (χ2v) is 3.44. The van der Waals surface area contributed by atoms with E-state index in [1.807, 2.05) is 6.92 Å². The van der Waals surface area contributed by atoms with Gasteiger partial charge in [0.1, 0.15) is 0 Å². The van der Waals surface area contributed by atoms with Crippen molar-refractivity contribution in [2.75, 3.05) is 0 Å². The number of rotatable bonds is 2. The third kappa shape index (κ3) is 2.96. The fourth-order valence-electron chi connectivity index (χ4n) is 0.932. The Bertz CT molecular complexity index is 419. The summed E-state index contributed by atoms with van der Waals surface area (Å²) in [6.45, 7) is 1.85. The number of aliphatic imine (C=N–C) groups is 2. The number of halogens is 2. The van der Waals surface area contributed by atoms with E-state index in [9.17, 15) is 4.79 Å². The van der Waals surface area contributed by atoms with Crippen LogP contribution in [0.1, 0.15) is 5.56 Å². The molecule has 0 aliphatic carbocycles. The molecule has 0 heterocycles. The monoisotopic (exact) mass is 228 g/mol. The number of hydrogen-bond donors (Lipinski definition) is 0. The van der Waals surface area contributed by atoms with Gasteiger partial charge in [-0.05, 0) is 47.8 Å². The molecule has 0 saturated heterocycles. The minimum Gasteiger partial charge on any atom is -0.225 e. The molecule has 0 amide bonds. The molecule has 0 aliphatic heterocycles. The molecule has 0 spiro atoms. The lowest BCUT2D eigenvalue weighted by molar-refractivity contribution is 0.565. The van der Waals surface area contributed by atoms with Gasteiger partial charge in [-0.3, -0.25) is 0 Å². The molecule has 0 radical (unpaired) electrons. The van der Waals surface area contributed by atoms with E-state index in [-0.39, 0.29) is 4.63 Å². The predicted molar refractivity (Wildman–Crippen MR) is 57.8 cm³/mol. The highest BCUT2D eigenvalue weighted by Crippen LogP contribution is 2.25. The molecule has 1 aromatic rings. The maximum absolute atomic E-state index is 10.0. The number of benzene rings is 1. The Morgan fingerprint density at radius 1 is 1.43 bits per heavy atom. The second-order valence-electron chi connectivity index (χ2n) is 2.53. The zero-order chi connectivity index (χ0) is 10.6. The molecule has 0 aliphatic rings. The van der Waals surface area contributed by atoms with E-state index in [0.717, 1.165) is 5.56 Å². The Labute approximate surface area is 91.1 Å². The van der Waals surface area contributed by atoms with E-state index in [0.29, 0.717) is 11.4 Å². The van der Waals surface area contributed by atoms with Crippen LogP contribution in [-0.2, 0) is 4.79 Å². The van der Waals surface area contributed by atoms with Crippen LogP contribution in [0.15, 0.2) is 28.2 Å². The van der Waals surface area contributed by atoms with Gasteiger partial charge in [0.15, 0.2) is 4.63 Å². The molecule has 0 fully saturated rings. The van der Waals surface area contributed by atoms with Gasteiger partial charge >= 0.3 is 0 Å². The average Bonchev–Trinajstić information content (AvgIpc) is 2.10. The van der Waals surface area contributed by atoms with Gasteiger partial charge in [0.25, 0.3) is 0 Å². The smallest absolute Gasteiger partial charge is 0.225 e. The predicted octanol–water partition coefficient (Wildman–Crippen LogP) is 3.43. The third-order valence-corrected chi connectivity index (χ3v) is 1.74. The number of carbonyl (C=O) groups excluding carboxylic acids is 1. The van der Waals surface area contributed by atoms with E-state index in [1.54, 1.807) is 18.2 Å². The first-order valence-corrected chi connectivity index (χ1v) is 4.47. The molecule has 0 N–H and O–H groups in total. The molecule has 1 aromatic carbocycles. The third-order valence-electron chi connectivity index (χ3n) is 1.57. The number of isocyanates is 1. The Kier molecular flexibility index (Phi) is 3.84. The van der Waals surface area contributed by atoms with Crippen LogP contribution < -0.4 is 0 Å². The van der Waals surface area contributed by atoms with Crippen molar-refractivity contribution in [2.24, 2.45) is 9.98 Å². The molecule has 0 saturated carbocycles. The van der Waals surface area contributed by atoms with Crippen LogP contribution in [0, 0.1) is 6.92 Å². The van der Waals surface area contributed by atoms with Gasteiger partial charge in [0.2, 0.25) is 6.08 Å². The summed E-state index contributed by atoms with van der Waals surface area (Å²) >= 11 is 10.8. The molecule has 1 rings (SSSR count). The van der Waals surface area contributed by atoms with E-state index < -0.39 is 0 Å². The minimum atomic E-state index is -0.0830. The van der Waals surface area contributed by atoms with Gasteiger partial charge in [-0.15, -0.1) is 0 Å². The van der Waals surface area contributed by atoms with Crippen LogP contribution in [0.25, 0.3) is 0 Å². The lowest BCUT2D eigenvalue weighted by Gasteiger charge is -1.99. The van der Waals surface area contributed by atoms with Crippen molar-refractivity contribution < 1.29 is 4.79 Å². The zero-order valence-electron chi connectivity index (χ0n) is 7.29. The fraction of sp³-hybridized carbons (Fsp3) is 0.111. The Morgan fingerprint density at radius 2 is 2.14 bits per heavy atom. The molecule has 72 valence electrons. The van der Waals surface area contributed by atoms with Gasteiger partial charge in [-0.2, -0.15) is 4.99 Å². The van der Waals surface area contributed by atoms with E-state index in [2.05, 4.69) is 9.98 Å². The Morgan fingerprint density at radius 3 is 2.71 bits per heavy atom. The van der Waals surface area contributed by atoms with Crippen molar-refractivity contribution in [2.45, 2.75) is 6.92 Å². The highest BCUT2D eigenvalue weighted by Gasteiger charge is 1.99. The normalized spacial score (nSPS) is 9.07. The van der Waals surface area contributed by atoms with Crippen LogP contribution in [-0.4, -0.2) is 10.7 Å². The number of hydrogen-bond acceptors (Lipinski definition) is 3. The molecule has 5 heteroatoms. The van der Waals surface area contributed by atoms with Crippen LogP contribution in [0.4, 0.5) is 11.4 Å². The van der Waals surface area contributed by atoms with Gasteiger partial charge < -0.3 is 0 Å². The lowest BCUT2D eigenvalue weighted by Crippen LogP contribution is -1.76. The van der Waals surface area contributed by atoms with Crippen LogP contribution in [0.5, 0.6) is 0 Å². The van der Waals surface area contributed by atoms with Gasteiger partial charge in [0.05, 0.1) is 11.4 Å². The SMILES string of the molecule is Cc1ccc(N=C=O)cc1N=C(Cl)Cl. The van der Waals surface area contributed by atoms with Crippen molar-refractivity contribution in [3.63, 3.8) is 0 Å². The zero-order valence-corrected chi connectivity index (χ0v) is 8.80. The fourth-order valence-corrected chi connectivity index (χ4v) is 1.11. The van der Waals surface area contributed by atoms with Crippen LogP contribution in [0.2, 0.25) is 0 Å². The quantitative estimate of drug-likeness (QED) is 0.565. The molecular weight excluding hydrogens is 223 g/mol. The number of aryl methyl sites for hydroxylation is 1. The topological polar surface area (TPSA) is 41.8 Å². The molecular formula is C9H6Cl2N2O. The van der Waals surface area contributed by atoms with Crippen molar-refractivity contribution in [3.05, 3.63) is 23.8 Å². The summed E-state index contributed by atoms with van der Waals surface area (Å²) in [6, 6.07) is 5.05.